The zero-order valence-corrected chi connectivity index (χ0v) is 15.2. The molecule has 1 aromatic carbocycles. The van der Waals surface area contributed by atoms with Crippen LogP contribution in [0.5, 0.6) is 11.6 Å². The molecule has 0 unspecified atom stereocenters. The number of halogens is 3. The van der Waals surface area contributed by atoms with Gasteiger partial charge in [0, 0.05) is 13.2 Å². The minimum absolute atomic E-state index is 0.0541. The van der Waals surface area contributed by atoms with Gasteiger partial charge in [0.2, 0.25) is 11.8 Å². The highest BCUT2D eigenvalue weighted by Crippen LogP contribution is 2.37. The monoisotopic (exact) mass is 369 g/mol. The molecule has 0 N–H and O–H groups in total. The van der Waals surface area contributed by atoms with Crippen LogP contribution in [0.4, 0.5) is 24.8 Å². The summed E-state index contributed by atoms with van der Waals surface area (Å²) in [6.45, 7) is 5.72. The van der Waals surface area contributed by atoms with Gasteiger partial charge in [0.05, 0.1) is 18.4 Å². The van der Waals surface area contributed by atoms with Gasteiger partial charge in [-0.2, -0.15) is 18.2 Å². The summed E-state index contributed by atoms with van der Waals surface area (Å²) in [6, 6.07) is 7.19. The van der Waals surface area contributed by atoms with Crippen molar-refractivity contribution in [3.63, 3.8) is 0 Å². The highest BCUT2D eigenvalue weighted by Gasteiger charge is 2.36. The van der Waals surface area contributed by atoms with E-state index in [1.54, 1.807) is 37.1 Å². The minimum Gasteiger partial charge on any atom is -0.489 e. The van der Waals surface area contributed by atoms with E-state index in [-0.39, 0.29) is 18.7 Å². The zero-order chi connectivity index (χ0) is 19.3. The summed E-state index contributed by atoms with van der Waals surface area (Å²) in [7, 11) is 1.66. The lowest BCUT2D eigenvalue weighted by molar-refractivity contribution is -0.139. The van der Waals surface area contributed by atoms with Crippen molar-refractivity contribution in [2.45, 2.75) is 39.5 Å². The number of aromatic nitrogens is 2. The number of rotatable bonds is 7. The first kappa shape index (κ1) is 19.8. The largest absolute Gasteiger partial charge is 0.489 e. The second-order valence-corrected chi connectivity index (χ2v) is 5.93. The number of benzene rings is 1. The first-order valence-corrected chi connectivity index (χ1v) is 8.30. The molecule has 0 aliphatic heterocycles. The molecule has 1 heterocycles. The van der Waals surface area contributed by atoms with E-state index in [2.05, 4.69) is 9.97 Å². The molecular weight excluding hydrogens is 347 g/mol. The first-order chi connectivity index (χ1) is 12.2. The third-order valence-electron chi connectivity index (χ3n) is 3.38. The summed E-state index contributed by atoms with van der Waals surface area (Å²) in [5, 5.41) is 0. The maximum atomic E-state index is 13.1. The Morgan fingerprint density at radius 3 is 2.50 bits per heavy atom. The van der Waals surface area contributed by atoms with E-state index in [0.717, 1.165) is 6.20 Å². The van der Waals surface area contributed by atoms with E-state index in [9.17, 15) is 13.2 Å². The van der Waals surface area contributed by atoms with Crippen LogP contribution < -0.4 is 14.4 Å². The van der Waals surface area contributed by atoms with Crippen LogP contribution in [0.15, 0.2) is 30.5 Å². The molecule has 0 aliphatic carbocycles. The van der Waals surface area contributed by atoms with E-state index in [0.29, 0.717) is 17.9 Å². The molecule has 0 atom stereocenters. The highest BCUT2D eigenvalue weighted by molar-refractivity contribution is 5.65. The van der Waals surface area contributed by atoms with Gasteiger partial charge in [-0.15, -0.1) is 0 Å². The Balaban J connectivity index is 2.42. The Labute approximate surface area is 150 Å². The van der Waals surface area contributed by atoms with Crippen molar-refractivity contribution >= 4 is 11.6 Å². The third-order valence-corrected chi connectivity index (χ3v) is 3.38. The van der Waals surface area contributed by atoms with E-state index >= 15 is 0 Å². The average Bonchev–Trinajstić information content (AvgIpc) is 2.58. The quantitative estimate of drug-likeness (QED) is 0.699. The van der Waals surface area contributed by atoms with Crippen LogP contribution in [0.2, 0.25) is 0 Å². The van der Waals surface area contributed by atoms with Gasteiger partial charge in [0.25, 0.3) is 0 Å². The molecule has 1 aromatic heterocycles. The number of ether oxygens (including phenoxy) is 2. The first-order valence-electron chi connectivity index (χ1n) is 8.30. The van der Waals surface area contributed by atoms with Gasteiger partial charge < -0.3 is 14.4 Å². The van der Waals surface area contributed by atoms with Crippen LogP contribution in [-0.2, 0) is 6.18 Å². The number of nitrogens with zero attached hydrogens (tertiary/aromatic N) is 3. The van der Waals surface area contributed by atoms with Gasteiger partial charge in [0.1, 0.15) is 11.3 Å². The SMILES string of the molecule is CCCOc1nc(N(C)c2ccccc2OC(C)C)ncc1C(F)(F)F. The summed E-state index contributed by atoms with van der Waals surface area (Å²) in [5.74, 6) is 0.201. The van der Waals surface area contributed by atoms with Crippen LogP contribution in [0, 0.1) is 0 Å². The molecular formula is C18H22F3N3O2. The fraction of sp³-hybridized carbons (Fsp3) is 0.444. The predicted octanol–water partition coefficient (Wildman–Crippen LogP) is 4.84. The standard InChI is InChI=1S/C18H22F3N3O2/c1-5-10-25-16-13(18(19,20)21)11-22-17(23-16)24(4)14-8-6-7-9-15(14)26-12(2)3/h6-9,11-12H,5,10H2,1-4H3. The van der Waals surface area contributed by atoms with Crippen molar-refractivity contribution < 1.29 is 22.6 Å². The molecule has 2 rings (SSSR count). The molecule has 0 saturated heterocycles. The normalized spacial score (nSPS) is 11.5. The second kappa shape index (κ2) is 8.25. The van der Waals surface area contributed by atoms with Gasteiger partial charge in [-0.3, -0.25) is 0 Å². The van der Waals surface area contributed by atoms with Crippen molar-refractivity contribution in [3.05, 3.63) is 36.0 Å². The van der Waals surface area contributed by atoms with Crippen LogP contribution in [0.1, 0.15) is 32.8 Å². The van der Waals surface area contributed by atoms with Crippen molar-refractivity contribution in [2.75, 3.05) is 18.6 Å². The summed E-state index contributed by atoms with van der Waals surface area (Å²) in [6.07, 6.45) is -3.33. The molecule has 0 amide bonds. The Hall–Kier alpha value is -2.51. The van der Waals surface area contributed by atoms with Gasteiger partial charge in [-0.25, -0.2) is 4.98 Å². The van der Waals surface area contributed by atoms with Crippen LogP contribution in [0.25, 0.3) is 0 Å². The molecule has 0 spiro atoms. The van der Waals surface area contributed by atoms with Crippen molar-refractivity contribution in [1.82, 2.24) is 9.97 Å². The molecule has 2 aromatic rings. The van der Waals surface area contributed by atoms with E-state index in [4.69, 9.17) is 9.47 Å². The van der Waals surface area contributed by atoms with Gasteiger partial charge in [0.15, 0.2) is 0 Å². The van der Waals surface area contributed by atoms with Crippen molar-refractivity contribution in [1.29, 1.82) is 0 Å². The van der Waals surface area contributed by atoms with Gasteiger partial charge in [-0.05, 0) is 32.4 Å². The average molecular weight is 369 g/mol. The number of hydrogen-bond donors (Lipinski definition) is 0. The molecule has 0 fully saturated rings. The molecule has 0 bridgehead atoms. The maximum absolute atomic E-state index is 13.1. The molecule has 0 radical (unpaired) electrons. The highest BCUT2D eigenvalue weighted by atomic mass is 19.4. The van der Waals surface area contributed by atoms with E-state index in [1.807, 2.05) is 19.9 Å². The van der Waals surface area contributed by atoms with Crippen molar-refractivity contribution in [3.8, 4) is 11.6 Å². The number of alkyl halides is 3. The minimum atomic E-state index is -4.58. The summed E-state index contributed by atoms with van der Waals surface area (Å²) < 4.78 is 50.4. The summed E-state index contributed by atoms with van der Waals surface area (Å²) >= 11 is 0. The van der Waals surface area contributed by atoms with Crippen LogP contribution >= 0.6 is 0 Å². The zero-order valence-electron chi connectivity index (χ0n) is 15.2. The topological polar surface area (TPSA) is 47.5 Å². The Morgan fingerprint density at radius 1 is 1.19 bits per heavy atom. The molecule has 8 heteroatoms. The lowest BCUT2D eigenvalue weighted by Crippen LogP contribution is -2.18. The number of hydrogen-bond acceptors (Lipinski definition) is 5. The number of para-hydroxylation sites is 2. The van der Waals surface area contributed by atoms with Crippen LogP contribution in [-0.4, -0.2) is 29.7 Å². The fourth-order valence-electron chi connectivity index (χ4n) is 2.22. The molecule has 0 saturated carbocycles. The molecule has 5 nitrogen and oxygen atoms in total. The van der Waals surface area contributed by atoms with E-state index < -0.39 is 17.6 Å². The Morgan fingerprint density at radius 2 is 1.88 bits per heavy atom. The number of anilines is 2. The smallest absolute Gasteiger partial charge is 0.423 e. The van der Waals surface area contributed by atoms with Crippen LogP contribution in [0.3, 0.4) is 0 Å². The van der Waals surface area contributed by atoms with E-state index in [1.165, 1.54) is 0 Å². The lowest BCUT2D eigenvalue weighted by Gasteiger charge is -2.23. The second-order valence-electron chi connectivity index (χ2n) is 5.93. The van der Waals surface area contributed by atoms with Gasteiger partial charge >= 0.3 is 6.18 Å². The predicted molar refractivity (Wildman–Crippen MR) is 93.1 cm³/mol. The van der Waals surface area contributed by atoms with Gasteiger partial charge in [-0.1, -0.05) is 19.1 Å². The Bertz CT molecular complexity index is 736. The van der Waals surface area contributed by atoms with Crippen molar-refractivity contribution in [2.24, 2.45) is 0 Å². The summed E-state index contributed by atoms with van der Waals surface area (Å²) in [5.41, 5.74) is -0.350. The molecule has 0 aliphatic rings. The summed E-state index contributed by atoms with van der Waals surface area (Å²) in [4.78, 5) is 9.43. The fourth-order valence-corrected chi connectivity index (χ4v) is 2.22. The molecule has 26 heavy (non-hydrogen) atoms. The maximum Gasteiger partial charge on any atom is 0.423 e. The Kier molecular flexibility index (Phi) is 6.28. The lowest BCUT2D eigenvalue weighted by atomic mass is 10.2. The third kappa shape index (κ3) is 4.77. The molecule has 142 valence electrons.